The molecule has 0 unspecified atom stereocenters. The lowest BCUT2D eigenvalue weighted by molar-refractivity contribution is 0.471. The molecule has 170 valence electrons. The number of pyridine rings is 1. The number of para-hydroxylation sites is 2. The highest BCUT2D eigenvalue weighted by Crippen LogP contribution is 2.28. The Kier molecular flexibility index (Phi) is 5.73. The molecule has 2 aromatic carbocycles. The quantitative estimate of drug-likeness (QED) is 0.389. The summed E-state index contributed by atoms with van der Waals surface area (Å²) < 4.78 is 3.24. The maximum Gasteiger partial charge on any atom is 0.333 e. The molecule has 5 aromatic rings. The number of nitrogens with zero attached hydrogens (tertiary/aromatic N) is 6. The highest BCUT2D eigenvalue weighted by molar-refractivity contribution is 5.78. The molecule has 0 amide bonds. The Balaban J connectivity index is 1.48. The second-order valence-electron chi connectivity index (χ2n) is 7.93. The topological polar surface area (TPSA) is 115 Å². The average Bonchev–Trinajstić information content (AvgIpc) is 3.50. The number of hydrogen-bond acceptors (Lipinski definition) is 6. The van der Waals surface area contributed by atoms with E-state index in [1.165, 1.54) is 4.57 Å². The molecule has 0 aliphatic rings. The van der Waals surface area contributed by atoms with E-state index in [0.29, 0.717) is 18.1 Å². The van der Waals surface area contributed by atoms with Crippen LogP contribution in [-0.4, -0.2) is 39.8 Å². The van der Waals surface area contributed by atoms with Crippen LogP contribution in [0.3, 0.4) is 0 Å². The van der Waals surface area contributed by atoms with E-state index < -0.39 is 0 Å². The Morgan fingerprint density at radius 3 is 2.50 bits per heavy atom. The number of aromatic hydroxyl groups is 1. The number of rotatable bonds is 7. The van der Waals surface area contributed by atoms with Crippen LogP contribution in [0.5, 0.6) is 5.75 Å². The molecule has 0 radical (unpaired) electrons. The molecule has 0 aliphatic carbocycles. The Morgan fingerprint density at radius 1 is 1.00 bits per heavy atom. The largest absolute Gasteiger partial charge is 0.506 e. The van der Waals surface area contributed by atoms with Crippen LogP contribution in [-0.2, 0) is 13.0 Å². The lowest BCUT2D eigenvalue weighted by Gasteiger charge is -2.09. The lowest BCUT2D eigenvalue weighted by atomic mass is 10.0. The van der Waals surface area contributed by atoms with Gasteiger partial charge in [-0.3, -0.25) is 14.1 Å². The minimum atomic E-state index is -0.198. The van der Waals surface area contributed by atoms with Gasteiger partial charge in [0.1, 0.15) is 5.75 Å². The molecule has 3 aromatic heterocycles. The number of aromatic nitrogens is 7. The van der Waals surface area contributed by atoms with E-state index in [1.54, 1.807) is 35.0 Å². The molecule has 0 spiro atoms. The van der Waals surface area contributed by atoms with E-state index in [-0.39, 0.29) is 11.4 Å². The molecule has 0 bridgehead atoms. The molecule has 9 heteroatoms. The van der Waals surface area contributed by atoms with Crippen LogP contribution in [0.25, 0.3) is 28.3 Å². The number of phenols is 1. The van der Waals surface area contributed by atoms with Crippen molar-refractivity contribution in [2.75, 3.05) is 0 Å². The van der Waals surface area contributed by atoms with Crippen molar-refractivity contribution >= 4 is 0 Å². The molecule has 0 atom stereocenters. The van der Waals surface area contributed by atoms with Gasteiger partial charge in [-0.15, -0.1) is 10.2 Å². The van der Waals surface area contributed by atoms with E-state index in [4.69, 9.17) is 0 Å². The van der Waals surface area contributed by atoms with Crippen molar-refractivity contribution in [1.82, 2.24) is 34.7 Å². The van der Waals surface area contributed by atoms with Crippen LogP contribution in [0.1, 0.15) is 24.6 Å². The number of hydrogen-bond donors (Lipinski definition) is 2. The van der Waals surface area contributed by atoms with Gasteiger partial charge in [0.2, 0.25) is 5.82 Å². The summed E-state index contributed by atoms with van der Waals surface area (Å²) in [6, 6.07) is 18.5. The SMILES string of the molecule is CCCc1cn(-c2ccccc2O)c(=O)n1Cc1ccc(-c2ccccc2-c2nn[nH]n2)nc1. The summed E-state index contributed by atoms with van der Waals surface area (Å²) >= 11 is 0. The summed E-state index contributed by atoms with van der Waals surface area (Å²) in [5.74, 6) is 0.568. The van der Waals surface area contributed by atoms with Gasteiger partial charge in [0.25, 0.3) is 0 Å². The number of aromatic amines is 1. The molecule has 2 N–H and O–H groups in total. The van der Waals surface area contributed by atoms with Crippen molar-refractivity contribution in [2.45, 2.75) is 26.3 Å². The number of aryl methyl sites for hydroxylation is 1. The number of benzene rings is 2. The van der Waals surface area contributed by atoms with Crippen LogP contribution in [0, 0.1) is 0 Å². The van der Waals surface area contributed by atoms with Crippen molar-refractivity contribution < 1.29 is 5.11 Å². The van der Waals surface area contributed by atoms with E-state index in [0.717, 1.165) is 40.9 Å². The smallest absolute Gasteiger partial charge is 0.333 e. The highest BCUT2D eigenvalue weighted by atomic mass is 16.3. The van der Waals surface area contributed by atoms with Crippen LogP contribution in [0.2, 0.25) is 0 Å². The first-order valence-corrected chi connectivity index (χ1v) is 11.0. The standard InChI is InChI=1S/C25H23N7O2/c1-2-7-18-16-32(22-10-5-6-11-23(22)33)25(34)31(18)15-17-12-13-21(26-14-17)19-8-3-4-9-20(19)24-27-29-30-28-24/h3-6,8-14,16,33H,2,7,15H2,1H3,(H,27,28,29,30). The van der Waals surface area contributed by atoms with Crippen LogP contribution in [0.15, 0.2) is 77.9 Å². The molecular formula is C25H23N7O2. The molecule has 0 saturated heterocycles. The number of nitrogens with one attached hydrogen (secondary N) is 1. The zero-order valence-electron chi connectivity index (χ0n) is 18.6. The maximum absolute atomic E-state index is 13.3. The minimum Gasteiger partial charge on any atom is -0.506 e. The molecule has 3 heterocycles. The molecule has 0 aliphatic heterocycles. The van der Waals surface area contributed by atoms with Gasteiger partial charge in [0, 0.05) is 29.2 Å². The Labute approximate surface area is 195 Å². The van der Waals surface area contributed by atoms with Gasteiger partial charge in [-0.1, -0.05) is 55.8 Å². The first kappa shape index (κ1) is 21.3. The summed E-state index contributed by atoms with van der Waals surface area (Å²) in [7, 11) is 0. The fraction of sp³-hybridized carbons (Fsp3) is 0.160. The zero-order valence-corrected chi connectivity index (χ0v) is 18.6. The fourth-order valence-corrected chi connectivity index (χ4v) is 4.03. The number of phenolic OH excluding ortho intramolecular Hbond substituents is 1. The third-order valence-electron chi connectivity index (χ3n) is 5.66. The number of imidazole rings is 1. The van der Waals surface area contributed by atoms with E-state index in [9.17, 15) is 9.90 Å². The number of tetrazole rings is 1. The third-order valence-corrected chi connectivity index (χ3v) is 5.66. The van der Waals surface area contributed by atoms with E-state index in [1.807, 2.05) is 42.6 Å². The van der Waals surface area contributed by atoms with Gasteiger partial charge in [-0.05, 0) is 35.4 Å². The first-order valence-electron chi connectivity index (χ1n) is 11.0. The van der Waals surface area contributed by atoms with Crippen LogP contribution >= 0.6 is 0 Å². The lowest BCUT2D eigenvalue weighted by Crippen LogP contribution is -2.24. The Bertz CT molecular complexity index is 1470. The predicted octanol–water partition coefficient (Wildman–Crippen LogP) is 3.59. The second-order valence-corrected chi connectivity index (χ2v) is 7.93. The molecule has 34 heavy (non-hydrogen) atoms. The van der Waals surface area contributed by atoms with Crippen molar-refractivity contribution in [3.63, 3.8) is 0 Å². The second kappa shape index (κ2) is 9.14. The molecule has 9 nitrogen and oxygen atoms in total. The molecular weight excluding hydrogens is 430 g/mol. The van der Waals surface area contributed by atoms with Crippen molar-refractivity contribution in [3.8, 4) is 34.1 Å². The zero-order chi connectivity index (χ0) is 23.5. The van der Waals surface area contributed by atoms with Gasteiger partial charge < -0.3 is 5.11 Å². The first-order chi connectivity index (χ1) is 16.7. The molecule has 0 saturated carbocycles. The number of H-pyrrole nitrogens is 1. The van der Waals surface area contributed by atoms with Crippen molar-refractivity contribution in [1.29, 1.82) is 0 Å². The monoisotopic (exact) mass is 453 g/mol. The fourth-order valence-electron chi connectivity index (χ4n) is 4.03. The van der Waals surface area contributed by atoms with Gasteiger partial charge in [-0.2, -0.15) is 5.21 Å². The summed E-state index contributed by atoms with van der Waals surface area (Å²) in [4.78, 5) is 17.9. The summed E-state index contributed by atoms with van der Waals surface area (Å²) in [6.45, 7) is 2.46. The van der Waals surface area contributed by atoms with Crippen molar-refractivity contribution in [3.05, 3.63) is 94.8 Å². The van der Waals surface area contributed by atoms with Crippen LogP contribution in [0.4, 0.5) is 0 Å². The normalized spacial score (nSPS) is 11.1. The molecule has 0 fully saturated rings. The van der Waals surface area contributed by atoms with Gasteiger partial charge in [0.15, 0.2) is 0 Å². The highest BCUT2D eigenvalue weighted by Gasteiger charge is 2.16. The summed E-state index contributed by atoms with van der Waals surface area (Å²) in [5, 5.41) is 24.5. The van der Waals surface area contributed by atoms with Crippen molar-refractivity contribution in [2.24, 2.45) is 0 Å². The minimum absolute atomic E-state index is 0.0658. The maximum atomic E-state index is 13.3. The Hall–Kier alpha value is -4.53. The van der Waals surface area contributed by atoms with E-state index in [2.05, 4.69) is 32.5 Å². The van der Waals surface area contributed by atoms with Gasteiger partial charge in [-0.25, -0.2) is 4.79 Å². The van der Waals surface area contributed by atoms with Gasteiger partial charge in [0.05, 0.1) is 17.9 Å². The van der Waals surface area contributed by atoms with Crippen LogP contribution < -0.4 is 5.69 Å². The summed E-state index contributed by atoms with van der Waals surface area (Å²) in [6.07, 6.45) is 5.24. The molecule has 5 rings (SSSR count). The van der Waals surface area contributed by atoms with Gasteiger partial charge >= 0.3 is 5.69 Å². The third kappa shape index (κ3) is 3.99. The summed E-state index contributed by atoms with van der Waals surface area (Å²) in [5.41, 5.74) is 4.57. The predicted molar refractivity (Wildman–Crippen MR) is 128 cm³/mol. The van der Waals surface area contributed by atoms with E-state index >= 15 is 0 Å². The average molecular weight is 454 g/mol. The Morgan fingerprint density at radius 2 is 1.79 bits per heavy atom.